The Morgan fingerprint density at radius 3 is 2.88 bits per heavy atom. The third-order valence-electron chi connectivity index (χ3n) is 4.53. The summed E-state index contributed by atoms with van der Waals surface area (Å²) in [6, 6.07) is 15.7. The lowest BCUT2D eigenvalue weighted by molar-refractivity contribution is 0.0731. The van der Waals surface area contributed by atoms with E-state index in [0.717, 1.165) is 29.9 Å². The molecule has 25 heavy (non-hydrogen) atoms. The monoisotopic (exact) mass is 352 g/mol. The van der Waals surface area contributed by atoms with Crippen LogP contribution in [0.25, 0.3) is 10.2 Å². The molecule has 3 aromatic rings. The lowest BCUT2D eigenvalue weighted by Gasteiger charge is -2.24. The predicted molar refractivity (Wildman–Crippen MR) is 100 cm³/mol. The minimum absolute atomic E-state index is 0.0332. The molecule has 128 valence electrons. The number of amides is 1. The number of para-hydroxylation sites is 2. The normalized spacial score (nSPS) is 17.2. The van der Waals surface area contributed by atoms with Gasteiger partial charge < -0.3 is 9.64 Å². The van der Waals surface area contributed by atoms with E-state index in [4.69, 9.17) is 9.72 Å². The Bertz CT molecular complexity index is 872. The Balaban J connectivity index is 1.66. The highest BCUT2D eigenvalue weighted by molar-refractivity contribution is 7.18. The maximum absolute atomic E-state index is 13.2. The summed E-state index contributed by atoms with van der Waals surface area (Å²) in [5.74, 6) is 0.691. The maximum atomic E-state index is 13.2. The number of benzene rings is 2. The predicted octanol–water partition coefficient (Wildman–Crippen LogP) is 4.67. The molecule has 0 aliphatic carbocycles. The minimum Gasteiger partial charge on any atom is -0.493 e. The van der Waals surface area contributed by atoms with E-state index in [1.165, 1.54) is 4.70 Å². The van der Waals surface area contributed by atoms with Gasteiger partial charge in [0.05, 0.1) is 28.4 Å². The fraction of sp³-hybridized carbons (Fsp3) is 0.300. The second kappa shape index (κ2) is 6.84. The van der Waals surface area contributed by atoms with Crippen molar-refractivity contribution in [2.45, 2.75) is 25.8 Å². The van der Waals surface area contributed by atoms with E-state index in [2.05, 4.69) is 6.07 Å². The van der Waals surface area contributed by atoms with Gasteiger partial charge in [0, 0.05) is 6.54 Å². The Hall–Kier alpha value is -2.40. The van der Waals surface area contributed by atoms with Gasteiger partial charge in [-0.1, -0.05) is 24.3 Å². The van der Waals surface area contributed by atoms with Crippen molar-refractivity contribution in [3.63, 3.8) is 0 Å². The molecule has 0 saturated carbocycles. The molecule has 1 saturated heterocycles. The summed E-state index contributed by atoms with van der Waals surface area (Å²) < 4.78 is 6.82. The first-order valence-corrected chi connectivity index (χ1v) is 9.48. The first-order chi connectivity index (χ1) is 12.3. The molecule has 2 aromatic carbocycles. The van der Waals surface area contributed by atoms with Crippen molar-refractivity contribution >= 4 is 27.5 Å². The van der Waals surface area contributed by atoms with E-state index < -0.39 is 0 Å². The molecule has 1 fully saturated rings. The van der Waals surface area contributed by atoms with Crippen LogP contribution in [0.3, 0.4) is 0 Å². The van der Waals surface area contributed by atoms with Gasteiger partial charge in [-0.2, -0.15) is 0 Å². The largest absolute Gasteiger partial charge is 0.493 e. The van der Waals surface area contributed by atoms with Crippen LogP contribution >= 0.6 is 11.3 Å². The number of nitrogens with zero attached hydrogens (tertiary/aromatic N) is 2. The van der Waals surface area contributed by atoms with Gasteiger partial charge in [-0.05, 0) is 44.0 Å². The zero-order valence-electron chi connectivity index (χ0n) is 14.1. The van der Waals surface area contributed by atoms with Crippen LogP contribution in [0.1, 0.15) is 41.2 Å². The summed E-state index contributed by atoms with van der Waals surface area (Å²) in [5, 5.41) is 1.03. The summed E-state index contributed by atoms with van der Waals surface area (Å²) in [6.45, 7) is 3.24. The third kappa shape index (κ3) is 3.00. The first kappa shape index (κ1) is 16.1. The lowest BCUT2D eigenvalue weighted by Crippen LogP contribution is -2.30. The second-order valence-corrected chi connectivity index (χ2v) is 7.17. The zero-order chi connectivity index (χ0) is 17.2. The highest BCUT2D eigenvalue weighted by Gasteiger charge is 2.33. The molecule has 0 N–H and O–H groups in total. The quantitative estimate of drug-likeness (QED) is 0.685. The van der Waals surface area contributed by atoms with Crippen LogP contribution in [0.4, 0.5) is 0 Å². The SMILES string of the molecule is CCOc1ccccc1C(=O)N1CCC[C@@H]1c1nc2ccccc2s1. The fourth-order valence-electron chi connectivity index (χ4n) is 3.38. The van der Waals surface area contributed by atoms with Crippen molar-refractivity contribution in [1.29, 1.82) is 0 Å². The van der Waals surface area contributed by atoms with Crippen LogP contribution in [0, 0.1) is 0 Å². The molecule has 5 heteroatoms. The van der Waals surface area contributed by atoms with Crippen LogP contribution in [0.2, 0.25) is 0 Å². The smallest absolute Gasteiger partial charge is 0.258 e. The molecule has 1 aliphatic heterocycles. The molecule has 0 radical (unpaired) electrons. The second-order valence-electron chi connectivity index (χ2n) is 6.11. The number of carbonyl (C=O) groups is 1. The molecule has 2 heterocycles. The van der Waals surface area contributed by atoms with Crippen molar-refractivity contribution in [2.24, 2.45) is 0 Å². The highest BCUT2D eigenvalue weighted by atomic mass is 32.1. The number of fused-ring (bicyclic) bond motifs is 1. The van der Waals surface area contributed by atoms with Gasteiger partial charge in [0.25, 0.3) is 5.91 Å². The number of rotatable bonds is 4. The summed E-state index contributed by atoms with van der Waals surface area (Å²) >= 11 is 1.69. The number of hydrogen-bond donors (Lipinski definition) is 0. The van der Waals surface area contributed by atoms with E-state index in [0.29, 0.717) is 17.9 Å². The van der Waals surface area contributed by atoms with Crippen molar-refractivity contribution in [3.05, 3.63) is 59.1 Å². The minimum atomic E-state index is 0.0332. The van der Waals surface area contributed by atoms with E-state index in [1.54, 1.807) is 11.3 Å². The first-order valence-electron chi connectivity index (χ1n) is 8.66. The van der Waals surface area contributed by atoms with Crippen LogP contribution < -0.4 is 4.74 Å². The maximum Gasteiger partial charge on any atom is 0.258 e. The van der Waals surface area contributed by atoms with Gasteiger partial charge >= 0.3 is 0 Å². The van der Waals surface area contributed by atoms with Crippen LogP contribution in [-0.2, 0) is 0 Å². The van der Waals surface area contributed by atoms with Crippen molar-refractivity contribution < 1.29 is 9.53 Å². The van der Waals surface area contributed by atoms with Gasteiger partial charge in [0.2, 0.25) is 0 Å². The molecule has 4 rings (SSSR count). The number of ether oxygens (including phenoxy) is 1. The summed E-state index contributed by atoms with van der Waals surface area (Å²) in [4.78, 5) is 19.9. The Morgan fingerprint density at radius 2 is 2.04 bits per heavy atom. The number of thiazole rings is 1. The van der Waals surface area contributed by atoms with Gasteiger partial charge in [0.15, 0.2) is 0 Å². The molecule has 1 aliphatic rings. The van der Waals surface area contributed by atoms with E-state index >= 15 is 0 Å². The van der Waals surface area contributed by atoms with Crippen LogP contribution in [-0.4, -0.2) is 28.9 Å². The molecule has 4 nitrogen and oxygen atoms in total. The van der Waals surface area contributed by atoms with E-state index in [1.807, 2.05) is 54.3 Å². The van der Waals surface area contributed by atoms with Crippen molar-refractivity contribution in [3.8, 4) is 5.75 Å². The van der Waals surface area contributed by atoms with Crippen LogP contribution in [0.5, 0.6) is 5.75 Å². The third-order valence-corrected chi connectivity index (χ3v) is 5.66. The Kier molecular flexibility index (Phi) is 4.40. The van der Waals surface area contributed by atoms with E-state index in [9.17, 15) is 4.79 Å². The van der Waals surface area contributed by atoms with Gasteiger partial charge in [-0.3, -0.25) is 4.79 Å². The molecule has 0 spiro atoms. The molecular formula is C20H20N2O2S. The Morgan fingerprint density at radius 1 is 1.24 bits per heavy atom. The van der Waals surface area contributed by atoms with Gasteiger partial charge in [0.1, 0.15) is 10.8 Å². The Labute approximate surface area is 151 Å². The molecule has 0 bridgehead atoms. The average molecular weight is 352 g/mol. The fourth-order valence-corrected chi connectivity index (χ4v) is 4.49. The summed E-state index contributed by atoms with van der Waals surface area (Å²) in [7, 11) is 0. The highest BCUT2D eigenvalue weighted by Crippen LogP contribution is 2.38. The molecule has 1 atom stereocenters. The van der Waals surface area contributed by atoms with Gasteiger partial charge in [-0.15, -0.1) is 11.3 Å². The zero-order valence-corrected chi connectivity index (χ0v) is 15.0. The average Bonchev–Trinajstić information content (AvgIpc) is 3.28. The molecular weight excluding hydrogens is 332 g/mol. The number of aromatic nitrogens is 1. The molecule has 0 unspecified atom stereocenters. The summed E-state index contributed by atoms with van der Waals surface area (Å²) in [6.07, 6.45) is 1.96. The topological polar surface area (TPSA) is 42.4 Å². The van der Waals surface area contributed by atoms with Crippen molar-refractivity contribution in [2.75, 3.05) is 13.2 Å². The standard InChI is InChI=1S/C20H20N2O2S/c1-2-24-17-11-5-3-8-14(17)20(23)22-13-7-10-16(22)19-21-15-9-4-6-12-18(15)25-19/h3-6,8-9,11-12,16H,2,7,10,13H2,1H3/t16-/m1/s1. The van der Waals surface area contributed by atoms with Gasteiger partial charge in [-0.25, -0.2) is 4.98 Å². The number of carbonyl (C=O) groups excluding carboxylic acids is 1. The molecule has 1 amide bonds. The lowest BCUT2D eigenvalue weighted by atomic mass is 10.1. The van der Waals surface area contributed by atoms with E-state index in [-0.39, 0.29) is 11.9 Å². The van der Waals surface area contributed by atoms with Crippen molar-refractivity contribution in [1.82, 2.24) is 9.88 Å². The van der Waals surface area contributed by atoms with Crippen LogP contribution in [0.15, 0.2) is 48.5 Å². The summed E-state index contributed by atoms with van der Waals surface area (Å²) in [5.41, 5.74) is 1.65. The number of likely N-dealkylation sites (tertiary alicyclic amines) is 1. The number of hydrogen-bond acceptors (Lipinski definition) is 4. The molecule has 1 aromatic heterocycles.